The highest BCUT2D eigenvalue weighted by Gasteiger charge is 2.30. The number of ketones is 1. The molecular formula is C43H50N6O8. The Morgan fingerprint density at radius 1 is 0.614 bits per heavy atom. The van der Waals surface area contributed by atoms with Crippen LogP contribution in [0.3, 0.4) is 0 Å². The van der Waals surface area contributed by atoms with Crippen LogP contribution in [0.2, 0.25) is 0 Å². The topological polar surface area (TPSA) is 215 Å². The summed E-state index contributed by atoms with van der Waals surface area (Å²) in [4.78, 5) is 90.3. The molecule has 14 heteroatoms. The molecule has 0 saturated carbocycles. The average Bonchev–Trinajstić information content (AvgIpc) is 3.20. The summed E-state index contributed by atoms with van der Waals surface area (Å²) in [5, 5.41) is 14.9. The second-order valence-electron chi connectivity index (χ2n) is 14.1. The zero-order chi connectivity index (χ0) is 41.3. The molecule has 0 bridgehead atoms. The van der Waals surface area contributed by atoms with E-state index in [9.17, 15) is 33.6 Å². The van der Waals surface area contributed by atoms with E-state index in [0.29, 0.717) is 0 Å². The zero-order valence-corrected chi connectivity index (χ0v) is 32.3. The van der Waals surface area contributed by atoms with E-state index in [0.717, 1.165) is 27.5 Å². The second-order valence-corrected chi connectivity index (χ2v) is 14.1. The molecule has 0 spiro atoms. The standard InChI is InChI=1S/C43H50N6O8/c1-27(2)20-36(49-41(54)35(22-29-12-6-4-7-13-29)45-25-38(51)57-26-30-14-8-5-9-15-30)42(55)47-28(3)39(52)43(56)46-24-37(50)48-34(40(44)53)23-31-18-19-32-16-10-11-17-33(32)21-31/h4-19,21,27-28,34-36,45H,20,22-26H2,1-3H3,(H2,44,53)(H,46,56)(H,47,55)(H,48,50)(H,49,54)/t28?,34-,35-,36?/m0/s1. The lowest BCUT2D eigenvalue weighted by molar-refractivity contribution is -0.144. The normalized spacial score (nSPS) is 13.1. The number of primary amides is 1. The first-order chi connectivity index (χ1) is 27.3. The number of amides is 5. The van der Waals surface area contributed by atoms with Crippen LogP contribution in [0.25, 0.3) is 10.8 Å². The van der Waals surface area contributed by atoms with Crippen LogP contribution in [0.15, 0.2) is 103 Å². The number of fused-ring (bicyclic) bond motifs is 1. The third-order valence-electron chi connectivity index (χ3n) is 8.99. The minimum Gasteiger partial charge on any atom is -0.460 e. The Balaban J connectivity index is 1.31. The van der Waals surface area contributed by atoms with Gasteiger partial charge in [-0.2, -0.15) is 0 Å². The molecule has 0 saturated heterocycles. The molecule has 5 amide bonds. The average molecular weight is 779 g/mol. The number of hydrogen-bond donors (Lipinski definition) is 6. The van der Waals surface area contributed by atoms with Crippen molar-refractivity contribution in [3.05, 3.63) is 120 Å². The monoisotopic (exact) mass is 778 g/mol. The van der Waals surface area contributed by atoms with Gasteiger partial charge in [-0.3, -0.25) is 38.9 Å². The third-order valence-corrected chi connectivity index (χ3v) is 8.99. The summed E-state index contributed by atoms with van der Waals surface area (Å²) in [6.45, 7) is 4.18. The van der Waals surface area contributed by atoms with Crippen molar-refractivity contribution in [2.45, 2.75) is 70.8 Å². The van der Waals surface area contributed by atoms with Gasteiger partial charge in [0.05, 0.1) is 25.2 Å². The molecule has 57 heavy (non-hydrogen) atoms. The molecule has 0 fully saturated rings. The van der Waals surface area contributed by atoms with Crippen molar-refractivity contribution in [2.24, 2.45) is 11.7 Å². The van der Waals surface area contributed by atoms with E-state index in [2.05, 4.69) is 26.6 Å². The Morgan fingerprint density at radius 3 is 1.86 bits per heavy atom. The van der Waals surface area contributed by atoms with Crippen LogP contribution < -0.4 is 32.3 Å². The molecule has 0 aliphatic carbocycles. The predicted molar refractivity (Wildman–Crippen MR) is 214 cm³/mol. The van der Waals surface area contributed by atoms with Crippen molar-refractivity contribution in [2.75, 3.05) is 13.1 Å². The number of esters is 1. The molecule has 300 valence electrons. The van der Waals surface area contributed by atoms with Crippen molar-refractivity contribution >= 4 is 52.1 Å². The summed E-state index contributed by atoms with van der Waals surface area (Å²) in [6, 6.07) is 27.1. The highest BCUT2D eigenvalue weighted by atomic mass is 16.5. The van der Waals surface area contributed by atoms with Crippen LogP contribution >= 0.6 is 0 Å². The smallest absolute Gasteiger partial charge is 0.320 e. The van der Waals surface area contributed by atoms with Crippen LogP contribution in [-0.2, 0) is 57.7 Å². The number of rotatable bonds is 21. The minimum absolute atomic E-state index is 0.0622. The minimum atomic E-state index is -1.32. The Hall–Kier alpha value is -6.41. The summed E-state index contributed by atoms with van der Waals surface area (Å²) in [6.07, 6.45) is 0.503. The van der Waals surface area contributed by atoms with E-state index in [-0.39, 0.29) is 38.3 Å². The van der Waals surface area contributed by atoms with E-state index in [1.807, 2.05) is 117 Å². The number of carbonyl (C=O) groups excluding carboxylic acids is 7. The van der Waals surface area contributed by atoms with Gasteiger partial charge in [0.25, 0.3) is 5.91 Å². The van der Waals surface area contributed by atoms with Gasteiger partial charge in [-0.1, -0.05) is 117 Å². The molecule has 4 atom stereocenters. The lowest BCUT2D eigenvalue weighted by atomic mass is 10.0. The highest BCUT2D eigenvalue weighted by Crippen LogP contribution is 2.17. The summed E-state index contributed by atoms with van der Waals surface area (Å²) in [7, 11) is 0. The van der Waals surface area contributed by atoms with Crippen LogP contribution in [-0.4, -0.2) is 78.5 Å². The number of hydrogen-bond acceptors (Lipinski definition) is 9. The number of nitrogens with two attached hydrogens (primary N) is 1. The third kappa shape index (κ3) is 14.3. The molecule has 7 N–H and O–H groups in total. The summed E-state index contributed by atoms with van der Waals surface area (Å²) < 4.78 is 5.35. The van der Waals surface area contributed by atoms with E-state index < -0.39 is 72.0 Å². The first-order valence-corrected chi connectivity index (χ1v) is 18.7. The number of nitrogens with one attached hydrogen (secondary N) is 5. The fourth-order valence-electron chi connectivity index (χ4n) is 5.97. The van der Waals surface area contributed by atoms with Gasteiger partial charge in [0, 0.05) is 6.42 Å². The Morgan fingerprint density at radius 2 is 1.21 bits per heavy atom. The molecule has 0 aromatic heterocycles. The molecule has 2 unspecified atom stereocenters. The van der Waals surface area contributed by atoms with Gasteiger partial charge in [-0.25, -0.2) is 0 Å². The molecule has 0 aliphatic rings. The van der Waals surface area contributed by atoms with Crippen LogP contribution in [0.4, 0.5) is 0 Å². The maximum absolute atomic E-state index is 13.7. The van der Waals surface area contributed by atoms with Gasteiger partial charge >= 0.3 is 5.97 Å². The van der Waals surface area contributed by atoms with E-state index in [4.69, 9.17) is 10.5 Å². The number of carbonyl (C=O) groups is 7. The second kappa shape index (κ2) is 21.6. The van der Waals surface area contributed by atoms with Gasteiger partial charge in [-0.05, 0) is 53.1 Å². The van der Waals surface area contributed by atoms with Crippen molar-refractivity contribution in [1.82, 2.24) is 26.6 Å². The van der Waals surface area contributed by atoms with Crippen molar-refractivity contribution in [1.29, 1.82) is 0 Å². The molecular weight excluding hydrogens is 729 g/mol. The molecule has 4 aromatic rings. The number of ether oxygens (including phenoxy) is 1. The summed E-state index contributed by atoms with van der Waals surface area (Å²) in [5.41, 5.74) is 7.92. The first kappa shape index (κ1) is 43.3. The molecule has 4 aromatic carbocycles. The molecule has 4 rings (SSSR count). The Bertz CT molecular complexity index is 2020. The van der Waals surface area contributed by atoms with E-state index in [1.54, 1.807) is 0 Å². The first-order valence-electron chi connectivity index (χ1n) is 18.7. The number of benzene rings is 4. The fourth-order valence-corrected chi connectivity index (χ4v) is 5.97. The summed E-state index contributed by atoms with van der Waals surface area (Å²) >= 11 is 0. The SMILES string of the molecule is CC(C)CC(NC(=O)[C@H](Cc1ccccc1)NCC(=O)OCc1ccccc1)C(=O)NC(C)C(=O)C(=O)NCC(=O)N[C@@H](Cc1ccc2ccccc2c1)C(N)=O. The predicted octanol–water partition coefficient (Wildman–Crippen LogP) is 2.02. The maximum atomic E-state index is 13.7. The Kier molecular flexibility index (Phi) is 16.4. The van der Waals surface area contributed by atoms with Crippen LogP contribution in [0, 0.1) is 5.92 Å². The van der Waals surface area contributed by atoms with Gasteiger partial charge < -0.3 is 31.7 Å². The van der Waals surface area contributed by atoms with Crippen molar-refractivity contribution < 1.29 is 38.3 Å². The van der Waals surface area contributed by atoms with Crippen LogP contribution in [0.1, 0.15) is 43.9 Å². The quantitative estimate of drug-likeness (QED) is 0.0539. The largest absolute Gasteiger partial charge is 0.460 e. The molecule has 14 nitrogen and oxygen atoms in total. The lowest BCUT2D eigenvalue weighted by Crippen LogP contribution is -2.57. The van der Waals surface area contributed by atoms with E-state index in [1.165, 1.54) is 6.92 Å². The fraction of sp³-hybridized carbons (Fsp3) is 0.326. The van der Waals surface area contributed by atoms with E-state index >= 15 is 0 Å². The summed E-state index contributed by atoms with van der Waals surface area (Å²) in [5.74, 6) is -5.60. The van der Waals surface area contributed by atoms with Gasteiger partial charge in [-0.15, -0.1) is 0 Å². The van der Waals surface area contributed by atoms with Gasteiger partial charge in [0.15, 0.2) is 0 Å². The molecule has 0 heterocycles. The van der Waals surface area contributed by atoms with Crippen LogP contribution in [0.5, 0.6) is 0 Å². The Labute approximate surface area is 331 Å². The molecule has 0 aliphatic heterocycles. The lowest BCUT2D eigenvalue weighted by Gasteiger charge is -2.25. The van der Waals surface area contributed by atoms with Gasteiger partial charge in [0.2, 0.25) is 29.4 Å². The van der Waals surface area contributed by atoms with Gasteiger partial charge in [0.1, 0.15) is 18.7 Å². The number of Topliss-reactive ketones (excluding diaryl/α,β-unsaturated/α-hetero) is 1. The zero-order valence-electron chi connectivity index (χ0n) is 32.3. The molecule has 0 radical (unpaired) electrons. The highest BCUT2D eigenvalue weighted by molar-refractivity contribution is 6.38. The van der Waals surface area contributed by atoms with Crippen molar-refractivity contribution in [3.63, 3.8) is 0 Å². The maximum Gasteiger partial charge on any atom is 0.320 e. The van der Waals surface area contributed by atoms with Crippen molar-refractivity contribution in [3.8, 4) is 0 Å².